The van der Waals surface area contributed by atoms with E-state index in [0.29, 0.717) is 24.6 Å². The van der Waals surface area contributed by atoms with Crippen LogP contribution in [0, 0.1) is 5.92 Å². The molecular formula is C36H61N5O8S2. The van der Waals surface area contributed by atoms with E-state index in [-0.39, 0.29) is 40.2 Å². The van der Waals surface area contributed by atoms with Gasteiger partial charge in [-0.2, -0.15) is 5.10 Å². The number of nitrogens with zero attached hydrogens (tertiary/aromatic N) is 3. The van der Waals surface area contributed by atoms with Gasteiger partial charge in [0.15, 0.2) is 25.5 Å². The molecule has 1 saturated heterocycles. The molecule has 1 saturated carbocycles. The minimum absolute atomic E-state index is 0.0689. The van der Waals surface area contributed by atoms with Gasteiger partial charge >= 0.3 is 0 Å². The number of hydrogen-bond acceptors (Lipinski definition) is 10. The third-order valence-corrected chi connectivity index (χ3v) is 15.1. The third kappa shape index (κ3) is 10.9. The fourth-order valence-electron chi connectivity index (χ4n) is 5.72. The van der Waals surface area contributed by atoms with Crippen LogP contribution in [0.5, 0.6) is 0 Å². The molecule has 2 aliphatic rings. The molecule has 2 fully saturated rings. The molecular weight excluding hydrogens is 695 g/mol. The van der Waals surface area contributed by atoms with E-state index < -0.39 is 41.0 Å². The van der Waals surface area contributed by atoms with E-state index in [9.17, 15) is 26.4 Å². The Morgan fingerprint density at radius 2 is 1.31 bits per heavy atom. The maximum Gasteiger partial charge on any atom is 0.246 e. The number of aromatic nitrogens is 3. The Morgan fingerprint density at radius 3 is 1.80 bits per heavy atom. The molecule has 0 aromatic carbocycles. The Morgan fingerprint density at radius 1 is 0.765 bits per heavy atom. The van der Waals surface area contributed by atoms with E-state index in [2.05, 4.69) is 20.9 Å². The topological polar surface area (TPSA) is 180 Å². The highest BCUT2D eigenvalue weighted by molar-refractivity contribution is 7.93. The lowest BCUT2D eigenvalue weighted by Gasteiger charge is -2.28. The van der Waals surface area contributed by atoms with Crippen LogP contribution in [0.4, 0.5) is 11.6 Å². The van der Waals surface area contributed by atoms with E-state index in [4.69, 9.17) is 9.26 Å². The van der Waals surface area contributed by atoms with Crippen molar-refractivity contribution >= 4 is 43.1 Å². The van der Waals surface area contributed by atoms with Gasteiger partial charge in [0, 0.05) is 36.6 Å². The Bertz CT molecular complexity index is 1720. The lowest BCUT2D eigenvalue weighted by Crippen LogP contribution is -2.48. The number of aryl methyl sites for hydroxylation is 1. The number of ether oxygens (including phenoxy) is 1. The minimum Gasteiger partial charge on any atom is -0.377 e. The molecule has 1 atom stereocenters. The summed E-state index contributed by atoms with van der Waals surface area (Å²) in [6.07, 6.45) is 7.46. The molecule has 2 aromatic heterocycles. The SMILES string of the molecule is CC(C)(C)c1cc(NC(=O)C(C)(C)S(=O)(=O)CC2CCCCC2)no1.Cn1nc(C(C)(C)C)cc1NC(=O)C(C)(C)S(=O)(=O)CC1CCCCO1. The number of sulfone groups is 2. The molecule has 15 heteroatoms. The number of rotatable bonds is 10. The first-order valence-corrected chi connectivity index (χ1v) is 21.3. The number of carbonyl (C=O) groups excluding carboxylic acids is 2. The molecule has 4 rings (SSSR count). The normalized spacial score (nSPS) is 18.5. The zero-order valence-electron chi connectivity index (χ0n) is 32.5. The van der Waals surface area contributed by atoms with Crippen molar-refractivity contribution in [2.24, 2.45) is 13.0 Å². The highest BCUT2D eigenvalue weighted by atomic mass is 32.2. The van der Waals surface area contributed by atoms with E-state index in [1.54, 1.807) is 23.9 Å². The van der Waals surface area contributed by atoms with Crippen molar-refractivity contribution in [3.8, 4) is 0 Å². The molecule has 0 radical (unpaired) electrons. The van der Waals surface area contributed by atoms with Crippen LogP contribution in [0.25, 0.3) is 0 Å². The number of carbonyl (C=O) groups is 2. The van der Waals surface area contributed by atoms with Gasteiger partial charge in [-0.25, -0.2) is 16.8 Å². The van der Waals surface area contributed by atoms with Crippen molar-refractivity contribution in [1.82, 2.24) is 14.9 Å². The molecule has 2 amide bonds. The summed E-state index contributed by atoms with van der Waals surface area (Å²) >= 11 is 0. The van der Waals surface area contributed by atoms with Crippen LogP contribution in [-0.2, 0) is 51.9 Å². The molecule has 2 N–H and O–H groups in total. The lowest BCUT2D eigenvalue weighted by molar-refractivity contribution is -0.118. The van der Waals surface area contributed by atoms with Gasteiger partial charge in [0.05, 0.1) is 23.3 Å². The first-order chi connectivity index (χ1) is 23.3. The van der Waals surface area contributed by atoms with Gasteiger partial charge in [0.1, 0.15) is 21.1 Å². The standard InChI is InChI=1S/C18H31N3O4S.C18H30N2O4S/c1-17(2,3)14-11-15(21(6)20-14)19-16(22)18(4,5)26(23,24)12-13-9-7-8-10-25-13;1-17(2,3)14-11-15(20-24-14)19-16(21)18(4,5)25(22,23)12-13-9-7-6-8-10-13/h11,13H,7-10,12H2,1-6H3,(H,19,22);11,13H,6-10,12H2,1-5H3,(H,19,20,21). The molecule has 1 aliphatic heterocycles. The molecule has 13 nitrogen and oxygen atoms in total. The smallest absolute Gasteiger partial charge is 0.246 e. The van der Waals surface area contributed by atoms with Crippen LogP contribution in [0.15, 0.2) is 16.7 Å². The van der Waals surface area contributed by atoms with Crippen LogP contribution in [0.1, 0.15) is 132 Å². The van der Waals surface area contributed by atoms with E-state index in [0.717, 1.165) is 44.2 Å². The summed E-state index contributed by atoms with van der Waals surface area (Å²) in [7, 11) is -5.53. The van der Waals surface area contributed by atoms with Crippen LogP contribution < -0.4 is 10.6 Å². The summed E-state index contributed by atoms with van der Waals surface area (Å²) in [4.78, 5) is 25.4. The van der Waals surface area contributed by atoms with Crippen LogP contribution in [0.2, 0.25) is 0 Å². The Labute approximate surface area is 305 Å². The summed E-state index contributed by atoms with van der Waals surface area (Å²) in [5.41, 5.74) is 0.422. The second-order valence-electron chi connectivity index (χ2n) is 17.1. The second kappa shape index (κ2) is 16.1. The highest BCUT2D eigenvalue weighted by Crippen LogP contribution is 2.31. The molecule has 1 aliphatic carbocycles. The lowest BCUT2D eigenvalue weighted by atomic mass is 9.91. The Hall–Kier alpha value is -2.78. The first kappa shape index (κ1) is 42.6. The fourth-order valence-corrected chi connectivity index (χ4v) is 8.93. The molecule has 1 unspecified atom stereocenters. The first-order valence-electron chi connectivity index (χ1n) is 18.0. The summed E-state index contributed by atoms with van der Waals surface area (Å²) in [5.74, 6) is 0.323. The largest absolute Gasteiger partial charge is 0.377 e. The molecule has 0 spiro atoms. The number of hydrogen-bond donors (Lipinski definition) is 2. The predicted molar refractivity (Wildman–Crippen MR) is 200 cm³/mol. The molecule has 290 valence electrons. The molecule has 3 heterocycles. The van der Waals surface area contributed by atoms with Gasteiger partial charge < -0.3 is 19.9 Å². The average molecular weight is 756 g/mol. The van der Waals surface area contributed by atoms with Gasteiger partial charge in [-0.1, -0.05) is 66.0 Å². The minimum atomic E-state index is -3.68. The van der Waals surface area contributed by atoms with Gasteiger partial charge in [-0.05, 0) is 65.7 Å². The van der Waals surface area contributed by atoms with Gasteiger partial charge in [0.2, 0.25) is 11.8 Å². The van der Waals surface area contributed by atoms with Gasteiger partial charge in [0.25, 0.3) is 0 Å². The van der Waals surface area contributed by atoms with Crippen molar-refractivity contribution in [2.45, 2.75) is 147 Å². The van der Waals surface area contributed by atoms with E-state index in [1.165, 1.54) is 34.1 Å². The predicted octanol–water partition coefficient (Wildman–Crippen LogP) is 6.10. The summed E-state index contributed by atoms with van der Waals surface area (Å²) in [6, 6.07) is 3.42. The Kier molecular flexibility index (Phi) is 13.4. The third-order valence-electron chi connectivity index (χ3n) is 9.89. The van der Waals surface area contributed by atoms with Crippen LogP contribution in [0.3, 0.4) is 0 Å². The van der Waals surface area contributed by atoms with Crippen molar-refractivity contribution in [2.75, 3.05) is 28.7 Å². The number of anilines is 2. The van der Waals surface area contributed by atoms with Crippen LogP contribution >= 0.6 is 0 Å². The van der Waals surface area contributed by atoms with Crippen molar-refractivity contribution in [3.05, 3.63) is 23.6 Å². The molecule has 2 aromatic rings. The van der Waals surface area contributed by atoms with Crippen LogP contribution in [-0.4, -0.2) is 77.3 Å². The number of amides is 2. The summed E-state index contributed by atoms with van der Waals surface area (Å²) in [6.45, 7) is 18.4. The monoisotopic (exact) mass is 755 g/mol. The quantitative estimate of drug-likeness (QED) is 0.288. The zero-order valence-corrected chi connectivity index (χ0v) is 34.1. The molecule has 0 bridgehead atoms. The van der Waals surface area contributed by atoms with E-state index in [1.807, 2.05) is 41.5 Å². The second-order valence-corrected chi connectivity index (χ2v) is 22.3. The summed E-state index contributed by atoms with van der Waals surface area (Å²) in [5, 5.41) is 13.6. The highest BCUT2D eigenvalue weighted by Gasteiger charge is 2.44. The average Bonchev–Trinajstić information content (AvgIpc) is 3.64. The maximum atomic E-state index is 12.8. The number of nitrogens with one attached hydrogen (secondary N) is 2. The van der Waals surface area contributed by atoms with Crippen molar-refractivity contribution < 1.29 is 35.7 Å². The zero-order chi connectivity index (χ0) is 38.6. The van der Waals surface area contributed by atoms with Crippen molar-refractivity contribution in [3.63, 3.8) is 0 Å². The van der Waals surface area contributed by atoms with Gasteiger partial charge in [-0.3, -0.25) is 14.3 Å². The fraction of sp³-hybridized carbons (Fsp3) is 0.778. The van der Waals surface area contributed by atoms with E-state index >= 15 is 0 Å². The van der Waals surface area contributed by atoms with Gasteiger partial charge in [-0.15, -0.1) is 0 Å². The maximum absolute atomic E-state index is 12.8. The summed E-state index contributed by atoms with van der Waals surface area (Å²) < 4.78 is 60.6. The van der Waals surface area contributed by atoms with Crippen molar-refractivity contribution in [1.29, 1.82) is 0 Å². The molecule has 51 heavy (non-hydrogen) atoms. The Balaban J connectivity index is 0.000000276.